The van der Waals surface area contributed by atoms with Crippen LogP contribution < -0.4 is 14.8 Å². The Morgan fingerprint density at radius 1 is 1.04 bits per heavy atom. The average Bonchev–Trinajstić information content (AvgIpc) is 2.67. The summed E-state index contributed by atoms with van der Waals surface area (Å²) in [4.78, 5) is 25.9. The number of nitrogens with zero attached hydrogens (tertiary/aromatic N) is 1. The Morgan fingerprint density at radius 2 is 1.74 bits per heavy atom. The van der Waals surface area contributed by atoms with E-state index in [0.717, 1.165) is 11.1 Å². The predicted molar refractivity (Wildman–Crippen MR) is 104 cm³/mol. The highest BCUT2D eigenvalue weighted by atomic mass is 16.5. The van der Waals surface area contributed by atoms with Gasteiger partial charge in [0.25, 0.3) is 5.91 Å². The van der Waals surface area contributed by atoms with E-state index in [4.69, 9.17) is 9.47 Å². The van der Waals surface area contributed by atoms with E-state index in [0.29, 0.717) is 36.7 Å². The molecule has 2 aromatic carbocycles. The van der Waals surface area contributed by atoms with Crippen molar-refractivity contribution in [1.29, 1.82) is 0 Å². The highest BCUT2D eigenvalue weighted by Crippen LogP contribution is 2.28. The first-order valence-electron chi connectivity index (χ1n) is 8.76. The van der Waals surface area contributed by atoms with Crippen LogP contribution in [0, 0.1) is 6.92 Å². The lowest BCUT2D eigenvalue weighted by Crippen LogP contribution is -2.37. The highest BCUT2D eigenvalue weighted by Gasteiger charge is 2.13. The summed E-state index contributed by atoms with van der Waals surface area (Å²) in [7, 11) is 3.15. The third kappa shape index (κ3) is 5.48. The molecule has 0 radical (unpaired) electrons. The zero-order chi connectivity index (χ0) is 19.8. The van der Waals surface area contributed by atoms with E-state index in [1.807, 2.05) is 43.3 Å². The molecule has 0 aliphatic carbocycles. The smallest absolute Gasteiger partial charge is 0.251 e. The second kappa shape index (κ2) is 9.62. The monoisotopic (exact) mass is 370 g/mol. The summed E-state index contributed by atoms with van der Waals surface area (Å²) < 4.78 is 10.5. The topological polar surface area (TPSA) is 67.9 Å². The van der Waals surface area contributed by atoms with E-state index in [1.54, 1.807) is 25.2 Å². The lowest BCUT2D eigenvalue weighted by atomic mass is 10.1. The number of ether oxygens (including phenoxy) is 2. The van der Waals surface area contributed by atoms with E-state index >= 15 is 0 Å². The van der Waals surface area contributed by atoms with Gasteiger partial charge in [-0.2, -0.15) is 0 Å². The fourth-order valence-electron chi connectivity index (χ4n) is 2.77. The Bertz CT molecular complexity index is 805. The summed E-state index contributed by atoms with van der Waals surface area (Å²) >= 11 is 0. The van der Waals surface area contributed by atoms with E-state index < -0.39 is 0 Å². The van der Waals surface area contributed by atoms with Crippen molar-refractivity contribution in [1.82, 2.24) is 10.2 Å². The van der Waals surface area contributed by atoms with Gasteiger partial charge in [-0.3, -0.25) is 9.59 Å². The lowest BCUT2D eigenvalue weighted by Gasteiger charge is -2.22. The molecule has 27 heavy (non-hydrogen) atoms. The maximum Gasteiger partial charge on any atom is 0.251 e. The molecule has 0 unspecified atom stereocenters. The molecule has 0 heterocycles. The summed E-state index contributed by atoms with van der Waals surface area (Å²) in [5.74, 6) is 1.06. The zero-order valence-electron chi connectivity index (χ0n) is 16.2. The van der Waals surface area contributed by atoms with Crippen LogP contribution in [0.5, 0.6) is 11.5 Å². The van der Waals surface area contributed by atoms with Crippen molar-refractivity contribution in [3.05, 3.63) is 59.2 Å². The van der Waals surface area contributed by atoms with Gasteiger partial charge < -0.3 is 19.7 Å². The maximum atomic E-state index is 12.3. The number of rotatable bonds is 8. The van der Waals surface area contributed by atoms with Gasteiger partial charge in [0.2, 0.25) is 5.91 Å². The van der Waals surface area contributed by atoms with Gasteiger partial charge in [-0.05, 0) is 36.2 Å². The summed E-state index contributed by atoms with van der Waals surface area (Å²) in [5, 5.41) is 2.87. The van der Waals surface area contributed by atoms with Crippen LogP contribution >= 0.6 is 0 Å². The quantitative estimate of drug-likeness (QED) is 0.776. The Labute approximate surface area is 160 Å². The summed E-state index contributed by atoms with van der Waals surface area (Å²) in [6, 6.07) is 13.0. The third-order valence-electron chi connectivity index (χ3n) is 4.32. The van der Waals surface area contributed by atoms with Crippen molar-refractivity contribution in [2.45, 2.75) is 20.4 Å². The number of hydrogen-bond acceptors (Lipinski definition) is 4. The van der Waals surface area contributed by atoms with Crippen molar-refractivity contribution in [2.75, 3.05) is 27.3 Å². The molecule has 0 atom stereocenters. The number of amides is 2. The van der Waals surface area contributed by atoms with Crippen molar-refractivity contribution in [2.24, 2.45) is 0 Å². The van der Waals surface area contributed by atoms with Gasteiger partial charge in [0.05, 0.1) is 14.2 Å². The van der Waals surface area contributed by atoms with Crippen molar-refractivity contribution in [3.8, 4) is 11.5 Å². The molecule has 6 heteroatoms. The molecule has 2 rings (SSSR count). The summed E-state index contributed by atoms with van der Waals surface area (Å²) in [5.41, 5.74) is 2.49. The number of benzene rings is 2. The third-order valence-corrected chi connectivity index (χ3v) is 4.32. The largest absolute Gasteiger partial charge is 0.493 e. The van der Waals surface area contributed by atoms with Crippen LogP contribution in [0.3, 0.4) is 0 Å². The minimum absolute atomic E-state index is 0.0603. The number of carbonyl (C=O) groups is 2. The number of nitrogens with one attached hydrogen (secondary N) is 1. The number of methoxy groups -OCH3 is 2. The van der Waals surface area contributed by atoms with E-state index in [2.05, 4.69) is 5.32 Å². The van der Waals surface area contributed by atoms with E-state index in [9.17, 15) is 9.59 Å². The zero-order valence-corrected chi connectivity index (χ0v) is 16.2. The Balaban J connectivity index is 1.97. The van der Waals surface area contributed by atoms with E-state index in [1.165, 1.54) is 6.92 Å². The van der Waals surface area contributed by atoms with Crippen molar-refractivity contribution < 1.29 is 19.1 Å². The molecular formula is C21H26N2O4. The number of carbonyl (C=O) groups excluding carboxylic acids is 2. The molecule has 0 saturated carbocycles. The van der Waals surface area contributed by atoms with Crippen LogP contribution in [-0.4, -0.2) is 44.0 Å². The Hall–Kier alpha value is -3.02. The standard InChI is InChI=1S/C21H26N2O4/c1-15-7-5-6-8-18(15)21(25)22-11-12-23(16(2)24)14-17-9-10-19(26-3)20(13-17)27-4/h5-10,13H,11-12,14H2,1-4H3,(H,22,25). The lowest BCUT2D eigenvalue weighted by molar-refractivity contribution is -0.129. The molecule has 6 nitrogen and oxygen atoms in total. The normalized spacial score (nSPS) is 10.2. The number of aryl methyl sites for hydroxylation is 1. The van der Waals surface area contributed by atoms with Crippen LogP contribution in [-0.2, 0) is 11.3 Å². The van der Waals surface area contributed by atoms with Crippen molar-refractivity contribution >= 4 is 11.8 Å². The molecule has 0 aliphatic heterocycles. The Morgan fingerprint density at radius 3 is 2.37 bits per heavy atom. The van der Waals surface area contributed by atoms with Crippen molar-refractivity contribution in [3.63, 3.8) is 0 Å². The molecule has 2 amide bonds. The van der Waals surface area contributed by atoms with Gasteiger partial charge in [0, 0.05) is 32.1 Å². The second-order valence-electron chi connectivity index (χ2n) is 6.20. The molecule has 0 aromatic heterocycles. The van der Waals surface area contributed by atoms with Crippen LogP contribution in [0.1, 0.15) is 28.4 Å². The first kappa shape index (κ1) is 20.3. The molecule has 144 valence electrons. The summed E-state index contributed by atoms with van der Waals surface area (Å²) in [6.07, 6.45) is 0. The van der Waals surface area contributed by atoms with Gasteiger partial charge >= 0.3 is 0 Å². The van der Waals surface area contributed by atoms with Gasteiger partial charge in [-0.1, -0.05) is 24.3 Å². The average molecular weight is 370 g/mol. The van der Waals surface area contributed by atoms with Crippen LogP contribution in [0.2, 0.25) is 0 Å². The molecule has 0 fully saturated rings. The van der Waals surface area contributed by atoms with E-state index in [-0.39, 0.29) is 11.8 Å². The minimum atomic E-state index is -0.136. The second-order valence-corrected chi connectivity index (χ2v) is 6.20. The minimum Gasteiger partial charge on any atom is -0.493 e. The highest BCUT2D eigenvalue weighted by molar-refractivity contribution is 5.95. The van der Waals surface area contributed by atoms with Crippen LogP contribution in [0.4, 0.5) is 0 Å². The molecule has 2 aromatic rings. The van der Waals surface area contributed by atoms with Gasteiger partial charge in [0.15, 0.2) is 11.5 Å². The Kier molecular flexibility index (Phi) is 7.23. The fraction of sp³-hybridized carbons (Fsp3) is 0.333. The van der Waals surface area contributed by atoms with Gasteiger partial charge in [-0.25, -0.2) is 0 Å². The fourth-order valence-corrected chi connectivity index (χ4v) is 2.77. The molecule has 0 aliphatic rings. The maximum absolute atomic E-state index is 12.3. The molecule has 0 spiro atoms. The summed E-state index contributed by atoms with van der Waals surface area (Å²) in [6.45, 7) is 4.63. The van der Waals surface area contributed by atoms with Gasteiger partial charge in [0.1, 0.15) is 0 Å². The molecular weight excluding hydrogens is 344 g/mol. The van der Waals surface area contributed by atoms with Gasteiger partial charge in [-0.15, -0.1) is 0 Å². The number of hydrogen-bond donors (Lipinski definition) is 1. The van der Waals surface area contributed by atoms with Crippen LogP contribution in [0.25, 0.3) is 0 Å². The van der Waals surface area contributed by atoms with Crippen LogP contribution in [0.15, 0.2) is 42.5 Å². The SMILES string of the molecule is COc1ccc(CN(CCNC(=O)c2ccccc2C)C(C)=O)cc1OC. The first-order valence-corrected chi connectivity index (χ1v) is 8.76. The molecule has 1 N–H and O–H groups in total. The molecule has 0 saturated heterocycles. The molecule has 0 bridgehead atoms. The predicted octanol–water partition coefficient (Wildman–Crippen LogP) is 2.79. The first-order chi connectivity index (χ1) is 13.0.